The van der Waals surface area contributed by atoms with Crippen molar-refractivity contribution < 1.29 is 0 Å². The maximum Gasteiger partial charge on any atom is 0.0473 e. The van der Waals surface area contributed by atoms with E-state index in [4.69, 9.17) is 11.5 Å². The van der Waals surface area contributed by atoms with Gasteiger partial charge in [-0.3, -0.25) is 0 Å². The Labute approximate surface area is 147 Å². The van der Waals surface area contributed by atoms with Crippen molar-refractivity contribution in [2.24, 2.45) is 5.73 Å². The van der Waals surface area contributed by atoms with Gasteiger partial charge in [-0.05, 0) is 70.2 Å². The number of allylic oxidation sites excluding steroid dienone is 4. The zero-order valence-electron chi connectivity index (χ0n) is 14.7. The molecule has 124 valence electrons. The van der Waals surface area contributed by atoms with Gasteiger partial charge in [-0.25, -0.2) is 0 Å². The summed E-state index contributed by atoms with van der Waals surface area (Å²) in [5, 5.41) is 4.71. The van der Waals surface area contributed by atoms with Crippen molar-refractivity contribution >= 4 is 32.8 Å². The predicted octanol–water partition coefficient (Wildman–Crippen LogP) is 5.26. The molecule has 0 saturated heterocycles. The molecule has 0 fully saturated rings. The summed E-state index contributed by atoms with van der Waals surface area (Å²) in [6.45, 7) is 4.61. The Hall–Kier alpha value is -2.74. The van der Waals surface area contributed by atoms with E-state index in [-0.39, 0.29) is 5.41 Å². The molecule has 0 bridgehead atoms. The number of nitrogen functional groups attached to an aromatic ring is 1. The Kier molecular flexibility index (Phi) is 2.72. The Morgan fingerprint density at radius 2 is 1.68 bits per heavy atom. The summed E-state index contributed by atoms with van der Waals surface area (Å²) >= 11 is 0. The lowest BCUT2D eigenvalue weighted by molar-refractivity contribution is 0.650. The topological polar surface area (TPSA) is 52.0 Å². The third kappa shape index (κ3) is 1.85. The molecule has 0 aromatic heterocycles. The third-order valence-electron chi connectivity index (χ3n) is 6.03. The molecule has 2 nitrogen and oxygen atoms in total. The molecular formula is C23H22N2. The molecular weight excluding hydrogens is 304 g/mol. The van der Waals surface area contributed by atoms with Crippen molar-refractivity contribution in [3.05, 3.63) is 70.9 Å². The Morgan fingerprint density at radius 3 is 2.52 bits per heavy atom. The van der Waals surface area contributed by atoms with Crippen LogP contribution in [-0.4, -0.2) is 0 Å². The average Bonchev–Trinajstić information content (AvgIpc) is 2.81. The van der Waals surface area contributed by atoms with E-state index in [9.17, 15) is 0 Å². The number of benzene rings is 3. The summed E-state index contributed by atoms with van der Waals surface area (Å²) in [7, 11) is 0. The number of fused-ring (bicyclic) bond motifs is 4. The van der Waals surface area contributed by atoms with Gasteiger partial charge in [0.1, 0.15) is 0 Å². The number of rotatable bonds is 0. The van der Waals surface area contributed by atoms with Gasteiger partial charge < -0.3 is 11.5 Å². The quantitative estimate of drug-likeness (QED) is 0.437. The zero-order chi connectivity index (χ0) is 17.3. The van der Waals surface area contributed by atoms with Crippen molar-refractivity contribution in [2.75, 3.05) is 5.73 Å². The first-order valence-electron chi connectivity index (χ1n) is 8.92. The minimum absolute atomic E-state index is 0.00962. The lowest BCUT2D eigenvalue weighted by atomic mass is 9.79. The van der Waals surface area contributed by atoms with Gasteiger partial charge in [0.15, 0.2) is 0 Å². The van der Waals surface area contributed by atoms with E-state index >= 15 is 0 Å². The minimum Gasteiger partial charge on any atom is -0.402 e. The molecule has 25 heavy (non-hydrogen) atoms. The standard InChI is InChI=1S/C23H22N2/c1-23(2)20-10-14-9-13-5-3-4-6-16(13)22(25)18(14)12-19(20)17-8-7-15(24)11-21(17)23/h3-6,9-12H,7-8,24-25H2,1-2H3. The van der Waals surface area contributed by atoms with Crippen LogP contribution in [0.1, 0.15) is 37.8 Å². The number of hydrogen-bond acceptors (Lipinski definition) is 2. The van der Waals surface area contributed by atoms with Crippen molar-refractivity contribution in [2.45, 2.75) is 32.1 Å². The Bertz CT molecular complexity index is 1130. The Balaban J connectivity index is 1.88. The second-order valence-electron chi connectivity index (χ2n) is 7.87. The monoisotopic (exact) mass is 326 g/mol. The molecule has 3 aromatic rings. The number of hydrogen-bond donors (Lipinski definition) is 2. The highest BCUT2D eigenvalue weighted by molar-refractivity contribution is 6.11. The van der Waals surface area contributed by atoms with Crippen molar-refractivity contribution in [1.29, 1.82) is 0 Å². The first-order chi connectivity index (χ1) is 12.0. The van der Waals surface area contributed by atoms with Crippen molar-refractivity contribution in [1.82, 2.24) is 0 Å². The normalized spacial score (nSPS) is 18.4. The lowest BCUT2D eigenvalue weighted by Crippen LogP contribution is -2.18. The average molecular weight is 326 g/mol. The third-order valence-corrected chi connectivity index (χ3v) is 6.03. The van der Waals surface area contributed by atoms with Gasteiger partial charge in [0.05, 0.1) is 0 Å². The van der Waals surface area contributed by atoms with Crippen LogP contribution < -0.4 is 11.5 Å². The van der Waals surface area contributed by atoms with Gasteiger partial charge in [0.25, 0.3) is 0 Å². The fourth-order valence-electron chi connectivity index (χ4n) is 4.65. The van der Waals surface area contributed by atoms with E-state index in [1.54, 1.807) is 0 Å². The van der Waals surface area contributed by atoms with Crippen molar-refractivity contribution in [3.63, 3.8) is 0 Å². The molecule has 0 saturated carbocycles. The highest BCUT2D eigenvalue weighted by atomic mass is 14.6. The second-order valence-corrected chi connectivity index (χ2v) is 7.87. The van der Waals surface area contributed by atoms with E-state index < -0.39 is 0 Å². The maximum atomic E-state index is 6.56. The SMILES string of the molecule is CC1(C)C2=C(CCC(N)=C2)c2cc3c(N)c4ccccc4cc3cc21. The van der Waals surface area contributed by atoms with Crippen LogP contribution in [0.5, 0.6) is 0 Å². The number of anilines is 1. The van der Waals surface area contributed by atoms with Gasteiger partial charge in [0.2, 0.25) is 0 Å². The summed E-state index contributed by atoms with van der Waals surface area (Å²) in [5.41, 5.74) is 20.2. The molecule has 0 aliphatic heterocycles. The van der Waals surface area contributed by atoms with Crippen LogP contribution in [0, 0.1) is 0 Å². The summed E-state index contributed by atoms with van der Waals surface area (Å²) in [6, 6.07) is 15.3. The lowest BCUT2D eigenvalue weighted by Gasteiger charge is -2.25. The molecule has 0 atom stereocenters. The molecule has 2 aliphatic carbocycles. The largest absolute Gasteiger partial charge is 0.402 e. The molecule has 5 rings (SSSR count). The molecule has 0 heterocycles. The summed E-state index contributed by atoms with van der Waals surface area (Å²) in [6.07, 6.45) is 4.16. The fraction of sp³-hybridized carbons (Fsp3) is 0.217. The first kappa shape index (κ1) is 14.6. The van der Waals surface area contributed by atoms with Crippen LogP contribution in [0.15, 0.2) is 59.8 Å². The highest BCUT2D eigenvalue weighted by Gasteiger charge is 2.38. The summed E-state index contributed by atoms with van der Waals surface area (Å²) in [4.78, 5) is 0. The van der Waals surface area contributed by atoms with E-state index in [0.29, 0.717) is 0 Å². The molecule has 0 spiro atoms. The molecule has 3 aromatic carbocycles. The smallest absolute Gasteiger partial charge is 0.0473 e. The second kappa shape index (κ2) is 4.66. The summed E-state index contributed by atoms with van der Waals surface area (Å²) in [5.74, 6) is 0. The van der Waals surface area contributed by atoms with Gasteiger partial charge in [-0.1, -0.05) is 38.1 Å². The first-order valence-corrected chi connectivity index (χ1v) is 8.92. The Morgan fingerprint density at radius 1 is 0.880 bits per heavy atom. The number of nitrogens with two attached hydrogens (primary N) is 2. The predicted molar refractivity (Wildman–Crippen MR) is 107 cm³/mol. The molecule has 2 aliphatic rings. The summed E-state index contributed by atoms with van der Waals surface area (Å²) < 4.78 is 0. The molecule has 0 radical (unpaired) electrons. The van der Waals surface area contributed by atoms with E-state index in [0.717, 1.165) is 35.0 Å². The van der Waals surface area contributed by atoms with Crippen molar-refractivity contribution in [3.8, 4) is 0 Å². The van der Waals surface area contributed by atoms with Gasteiger partial charge >= 0.3 is 0 Å². The zero-order valence-corrected chi connectivity index (χ0v) is 14.7. The van der Waals surface area contributed by atoms with Gasteiger partial charge in [-0.15, -0.1) is 0 Å². The van der Waals surface area contributed by atoms with Crippen LogP contribution in [0.25, 0.3) is 27.1 Å². The highest BCUT2D eigenvalue weighted by Crippen LogP contribution is 2.52. The van der Waals surface area contributed by atoms with Crippen LogP contribution in [-0.2, 0) is 5.41 Å². The minimum atomic E-state index is -0.00962. The van der Waals surface area contributed by atoms with Crippen LogP contribution in [0.4, 0.5) is 5.69 Å². The maximum absolute atomic E-state index is 6.56. The van der Waals surface area contributed by atoms with E-state index in [1.807, 2.05) is 0 Å². The fourth-order valence-corrected chi connectivity index (χ4v) is 4.65. The van der Waals surface area contributed by atoms with E-state index in [1.165, 1.54) is 33.0 Å². The van der Waals surface area contributed by atoms with E-state index in [2.05, 4.69) is 62.4 Å². The molecule has 4 N–H and O–H groups in total. The molecule has 0 unspecified atom stereocenters. The molecule has 2 heteroatoms. The molecule has 0 amide bonds. The van der Waals surface area contributed by atoms with Crippen LogP contribution >= 0.6 is 0 Å². The van der Waals surface area contributed by atoms with Gasteiger partial charge in [0, 0.05) is 27.6 Å². The van der Waals surface area contributed by atoms with Crippen LogP contribution in [0.3, 0.4) is 0 Å². The van der Waals surface area contributed by atoms with Gasteiger partial charge in [-0.2, -0.15) is 0 Å². The van der Waals surface area contributed by atoms with Crippen LogP contribution in [0.2, 0.25) is 0 Å².